The zero-order chi connectivity index (χ0) is 9.14. The smallest absolute Gasteiger partial charge is 0.248 e. The van der Waals surface area contributed by atoms with Gasteiger partial charge in [-0.25, -0.2) is 0 Å². The molecule has 1 heterocycles. The van der Waals surface area contributed by atoms with Crippen LogP contribution in [-0.4, -0.2) is 29.9 Å². The second kappa shape index (κ2) is 3.72. The number of carbonyl (C=O) groups is 1. The van der Waals surface area contributed by atoms with Crippen LogP contribution in [0, 0.1) is 0 Å². The summed E-state index contributed by atoms with van der Waals surface area (Å²) in [5, 5.41) is 0. The Morgan fingerprint density at radius 2 is 2.33 bits per heavy atom. The molecule has 0 radical (unpaired) electrons. The lowest BCUT2D eigenvalue weighted by molar-refractivity contribution is -0.128. The fourth-order valence-electron chi connectivity index (χ4n) is 1.46. The number of nitrogens with zero attached hydrogens (tertiary/aromatic N) is 1. The molecule has 12 heavy (non-hydrogen) atoms. The van der Waals surface area contributed by atoms with Crippen molar-refractivity contribution in [2.45, 2.75) is 25.8 Å². The van der Waals surface area contributed by atoms with Gasteiger partial charge in [0.25, 0.3) is 0 Å². The van der Waals surface area contributed by atoms with Crippen LogP contribution in [0.3, 0.4) is 0 Å². The van der Waals surface area contributed by atoms with E-state index in [-0.39, 0.29) is 11.9 Å². The number of piperidine rings is 1. The summed E-state index contributed by atoms with van der Waals surface area (Å²) in [5.41, 5.74) is 6.34. The molecule has 0 saturated carbocycles. The van der Waals surface area contributed by atoms with E-state index in [2.05, 4.69) is 6.58 Å². The van der Waals surface area contributed by atoms with E-state index in [9.17, 15) is 4.79 Å². The SMILES string of the molecule is C=C(C)C(=O)N1CCCC(N)C1. The van der Waals surface area contributed by atoms with Crippen LogP contribution in [-0.2, 0) is 4.79 Å². The highest BCUT2D eigenvalue weighted by molar-refractivity contribution is 5.92. The normalized spacial score (nSPS) is 23.8. The van der Waals surface area contributed by atoms with Gasteiger partial charge in [0.1, 0.15) is 0 Å². The molecule has 1 aliphatic rings. The van der Waals surface area contributed by atoms with E-state index < -0.39 is 0 Å². The Morgan fingerprint density at radius 1 is 1.67 bits per heavy atom. The molecule has 1 amide bonds. The molecular formula is C9H16N2O. The maximum absolute atomic E-state index is 11.4. The average Bonchev–Trinajstić information content (AvgIpc) is 2.03. The van der Waals surface area contributed by atoms with E-state index in [0.717, 1.165) is 19.4 Å². The Balaban J connectivity index is 2.51. The summed E-state index contributed by atoms with van der Waals surface area (Å²) in [5.74, 6) is 0.0464. The molecule has 1 aliphatic heterocycles. The minimum atomic E-state index is 0.0464. The van der Waals surface area contributed by atoms with E-state index in [4.69, 9.17) is 5.73 Å². The molecule has 0 aromatic rings. The topological polar surface area (TPSA) is 46.3 Å². The molecule has 1 fully saturated rings. The molecule has 2 N–H and O–H groups in total. The first-order valence-corrected chi connectivity index (χ1v) is 4.31. The van der Waals surface area contributed by atoms with E-state index in [1.54, 1.807) is 11.8 Å². The van der Waals surface area contributed by atoms with E-state index in [1.807, 2.05) is 0 Å². The Labute approximate surface area is 73.2 Å². The fraction of sp³-hybridized carbons (Fsp3) is 0.667. The zero-order valence-electron chi connectivity index (χ0n) is 7.55. The van der Waals surface area contributed by atoms with Crippen LogP contribution < -0.4 is 5.73 Å². The molecule has 0 aromatic carbocycles. The number of rotatable bonds is 1. The average molecular weight is 168 g/mol. The molecule has 0 aromatic heterocycles. The first-order chi connectivity index (χ1) is 5.61. The Morgan fingerprint density at radius 3 is 2.83 bits per heavy atom. The third-order valence-corrected chi connectivity index (χ3v) is 2.11. The maximum atomic E-state index is 11.4. The monoisotopic (exact) mass is 168 g/mol. The van der Waals surface area contributed by atoms with E-state index in [1.165, 1.54) is 0 Å². The van der Waals surface area contributed by atoms with E-state index >= 15 is 0 Å². The predicted octanol–water partition coefficient (Wildman–Crippen LogP) is 0.512. The third-order valence-electron chi connectivity index (χ3n) is 2.11. The molecule has 0 aliphatic carbocycles. The number of hydrogen-bond donors (Lipinski definition) is 1. The molecule has 0 spiro atoms. The van der Waals surface area contributed by atoms with Crippen LogP contribution in [0.1, 0.15) is 19.8 Å². The Kier molecular flexibility index (Phi) is 2.87. The Hall–Kier alpha value is -0.830. The van der Waals surface area contributed by atoms with Crippen LogP contribution in [0.15, 0.2) is 12.2 Å². The minimum absolute atomic E-state index is 0.0464. The first-order valence-electron chi connectivity index (χ1n) is 4.31. The molecule has 1 rings (SSSR count). The zero-order valence-corrected chi connectivity index (χ0v) is 7.55. The van der Waals surface area contributed by atoms with Gasteiger partial charge in [-0.1, -0.05) is 6.58 Å². The molecule has 1 atom stereocenters. The number of hydrogen-bond acceptors (Lipinski definition) is 2. The number of likely N-dealkylation sites (tertiary alicyclic amines) is 1. The fourth-order valence-corrected chi connectivity index (χ4v) is 1.46. The third kappa shape index (κ3) is 2.08. The van der Waals surface area contributed by atoms with Gasteiger partial charge in [0, 0.05) is 24.7 Å². The van der Waals surface area contributed by atoms with Gasteiger partial charge in [-0.15, -0.1) is 0 Å². The van der Waals surface area contributed by atoms with Gasteiger partial charge in [-0.3, -0.25) is 4.79 Å². The summed E-state index contributed by atoms with van der Waals surface area (Å²) in [4.78, 5) is 13.2. The summed E-state index contributed by atoms with van der Waals surface area (Å²) < 4.78 is 0. The number of carbonyl (C=O) groups excluding carboxylic acids is 1. The van der Waals surface area contributed by atoms with Crippen molar-refractivity contribution < 1.29 is 4.79 Å². The molecular weight excluding hydrogens is 152 g/mol. The molecule has 3 nitrogen and oxygen atoms in total. The van der Waals surface area contributed by atoms with Gasteiger partial charge in [-0.2, -0.15) is 0 Å². The van der Waals surface area contributed by atoms with E-state index in [0.29, 0.717) is 12.1 Å². The number of amides is 1. The summed E-state index contributed by atoms with van der Waals surface area (Å²) >= 11 is 0. The molecule has 1 unspecified atom stereocenters. The van der Waals surface area contributed by atoms with Crippen molar-refractivity contribution in [3.05, 3.63) is 12.2 Å². The second-order valence-electron chi connectivity index (χ2n) is 3.43. The second-order valence-corrected chi connectivity index (χ2v) is 3.43. The van der Waals surface area contributed by atoms with Gasteiger partial charge in [-0.05, 0) is 19.8 Å². The van der Waals surface area contributed by atoms with Gasteiger partial charge in [0.05, 0.1) is 0 Å². The summed E-state index contributed by atoms with van der Waals surface area (Å²) in [7, 11) is 0. The lowest BCUT2D eigenvalue weighted by atomic mass is 10.1. The highest BCUT2D eigenvalue weighted by Crippen LogP contribution is 2.10. The Bertz CT molecular complexity index is 201. The molecule has 1 saturated heterocycles. The lowest BCUT2D eigenvalue weighted by Crippen LogP contribution is -2.45. The van der Waals surface area contributed by atoms with Crippen LogP contribution in [0.2, 0.25) is 0 Å². The summed E-state index contributed by atoms with van der Waals surface area (Å²) in [6.45, 7) is 6.88. The van der Waals surface area contributed by atoms with Crippen LogP contribution in [0.25, 0.3) is 0 Å². The minimum Gasteiger partial charge on any atom is -0.337 e. The highest BCUT2D eigenvalue weighted by Gasteiger charge is 2.20. The first kappa shape index (κ1) is 9.26. The predicted molar refractivity (Wildman–Crippen MR) is 48.6 cm³/mol. The molecule has 3 heteroatoms. The maximum Gasteiger partial charge on any atom is 0.248 e. The number of nitrogens with two attached hydrogens (primary N) is 1. The standard InChI is InChI=1S/C9H16N2O/c1-7(2)9(12)11-5-3-4-8(10)6-11/h8H,1,3-6,10H2,2H3. The molecule has 0 bridgehead atoms. The molecule has 68 valence electrons. The summed E-state index contributed by atoms with van der Waals surface area (Å²) in [6, 6.07) is 0.155. The van der Waals surface area contributed by atoms with Crippen molar-refractivity contribution in [2.75, 3.05) is 13.1 Å². The van der Waals surface area contributed by atoms with Crippen molar-refractivity contribution in [2.24, 2.45) is 5.73 Å². The van der Waals surface area contributed by atoms with Crippen LogP contribution in [0.4, 0.5) is 0 Å². The summed E-state index contributed by atoms with van der Waals surface area (Å²) in [6.07, 6.45) is 2.04. The van der Waals surface area contributed by atoms with Crippen LogP contribution >= 0.6 is 0 Å². The van der Waals surface area contributed by atoms with Crippen molar-refractivity contribution in [3.63, 3.8) is 0 Å². The van der Waals surface area contributed by atoms with Gasteiger partial charge < -0.3 is 10.6 Å². The lowest BCUT2D eigenvalue weighted by Gasteiger charge is -2.30. The van der Waals surface area contributed by atoms with Crippen molar-refractivity contribution >= 4 is 5.91 Å². The van der Waals surface area contributed by atoms with Crippen molar-refractivity contribution in [1.82, 2.24) is 4.90 Å². The van der Waals surface area contributed by atoms with Crippen LogP contribution in [0.5, 0.6) is 0 Å². The van der Waals surface area contributed by atoms with Crippen molar-refractivity contribution in [1.29, 1.82) is 0 Å². The van der Waals surface area contributed by atoms with Gasteiger partial charge in [0.2, 0.25) is 5.91 Å². The largest absolute Gasteiger partial charge is 0.337 e. The van der Waals surface area contributed by atoms with Crippen molar-refractivity contribution in [3.8, 4) is 0 Å². The highest BCUT2D eigenvalue weighted by atomic mass is 16.2. The van der Waals surface area contributed by atoms with Gasteiger partial charge >= 0.3 is 0 Å². The van der Waals surface area contributed by atoms with Gasteiger partial charge in [0.15, 0.2) is 0 Å². The quantitative estimate of drug-likeness (QED) is 0.580.